The predicted molar refractivity (Wildman–Crippen MR) is 70.2 cm³/mol. The second-order valence-electron chi connectivity index (χ2n) is 4.50. The molecule has 0 amide bonds. The largest absolute Gasteiger partial charge is 0.506 e. The molecule has 5 nitrogen and oxygen atoms in total. The Kier molecular flexibility index (Phi) is 2.83. The Morgan fingerprint density at radius 3 is 2.89 bits per heavy atom. The number of hydrogen-bond donors (Lipinski definition) is 2. The van der Waals surface area contributed by atoms with Gasteiger partial charge >= 0.3 is 0 Å². The van der Waals surface area contributed by atoms with Gasteiger partial charge in [-0.25, -0.2) is 4.98 Å². The van der Waals surface area contributed by atoms with Crippen molar-refractivity contribution >= 4 is 16.7 Å². The Morgan fingerprint density at radius 1 is 1.39 bits per heavy atom. The Labute approximate surface area is 105 Å². The van der Waals surface area contributed by atoms with Gasteiger partial charge in [0.1, 0.15) is 17.1 Å². The summed E-state index contributed by atoms with van der Waals surface area (Å²) in [6, 6.07) is 3.83. The monoisotopic (exact) mass is 247 g/mol. The molecule has 5 heteroatoms. The van der Waals surface area contributed by atoms with Crippen LogP contribution in [0.4, 0.5) is 5.69 Å². The van der Waals surface area contributed by atoms with Crippen molar-refractivity contribution in [2.45, 2.75) is 13.3 Å². The van der Waals surface area contributed by atoms with Gasteiger partial charge in [0.05, 0.1) is 18.7 Å². The van der Waals surface area contributed by atoms with Gasteiger partial charge in [-0.1, -0.05) is 6.92 Å². The molecule has 2 aromatic rings. The fourth-order valence-corrected chi connectivity index (χ4v) is 2.31. The standard InChI is InChI=1S/C13H17N3O2/c1-2-12-14-10-7-9(8-11(17)13(10)15-12)16-3-5-18-6-4-16/h7-8,17H,2-6H2,1H3,(H,14,15). The molecule has 0 saturated carbocycles. The SMILES string of the molecule is CCc1nc2c(O)cc(N3CCOCC3)cc2[nH]1. The molecular weight excluding hydrogens is 230 g/mol. The topological polar surface area (TPSA) is 61.4 Å². The minimum absolute atomic E-state index is 0.241. The first-order valence-electron chi connectivity index (χ1n) is 6.32. The Bertz CT molecular complexity index is 559. The van der Waals surface area contributed by atoms with Crippen molar-refractivity contribution < 1.29 is 9.84 Å². The average Bonchev–Trinajstić information content (AvgIpc) is 2.83. The lowest BCUT2D eigenvalue weighted by Gasteiger charge is -2.28. The molecule has 2 N–H and O–H groups in total. The van der Waals surface area contributed by atoms with E-state index < -0.39 is 0 Å². The highest BCUT2D eigenvalue weighted by Crippen LogP contribution is 2.29. The molecule has 1 saturated heterocycles. The zero-order valence-corrected chi connectivity index (χ0v) is 10.4. The molecule has 1 aromatic carbocycles. The van der Waals surface area contributed by atoms with E-state index in [9.17, 15) is 5.11 Å². The molecule has 0 unspecified atom stereocenters. The first kappa shape index (κ1) is 11.3. The highest BCUT2D eigenvalue weighted by molar-refractivity contribution is 5.85. The van der Waals surface area contributed by atoms with Crippen LogP contribution < -0.4 is 4.90 Å². The number of morpholine rings is 1. The zero-order chi connectivity index (χ0) is 12.5. The number of nitrogens with zero attached hydrogens (tertiary/aromatic N) is 2. The number of H-pyrrole nitrogens is 1. The average molecular weight is 247 g/mol. The summed E-state index contributed by atoms with van der Waals surface area (Å²) in [5.41, 5.74) is 2.58. The second kappa shape index (κ2) is 4.49. The van der Waals surface area contributed by atoms with Gasteiger partial charge in [-0.15, -0.1) is 0 Å². The number of hydrogen-bond acceptors (Lipinski definition) is 4. The van der Waals surface area contributed by atoms with Gasteiger partial charge < -0.3 is 19.7 Å². The summed E-state index contributed by atoms with van der Waals surface area (Å²) in [4.78, 5) is 9.82. The number of imidazole rings is 1. The van der Waals surface area contributed by atoms with Crippen LogP contribution in [0.25, 0.3) is 11.0 Å². The third-order valence-corrected chi connectivity index (χ3v) is 3.31. The summed E-state index contributed by atoms with van der Waals surface area (Å²) < 4.78 is 5.34. The maximum absolute atomic E-state index is 10.1. The van der Waals surface area contributed by atoms with Crippen LogP contribution in [0.15, 0.2) is 12.1 Å². The molecule has 1 fully saturated rings. The van der Waals surface area contributed by atoms with E-state index in [1.54, 1.807) is 6.07 Å². The van der Waals surface area contributed by atoms with Crippen molar-refractivity contribution in [1.29, 1.82) is 0 Å². The number of phenolic OH excluding ortho intramolecular Hbond substituents is 1. The van der Waals surface area contributed by atoms with E-state index in [0.717, 1.165) is 49.8 Å². The van der Waals surface area contributed by atoms with Gasteiger partial charge in [-0.05, 0) is 6.07 Å². The lowest BCUT2D eigenvalue weighted by Crippen LogP contribution is -2.36. The van der Waals surface area contributed by atoms with Gasteiger partial charge in [0.2, 0.25) is 0 Å². The number of aromatic nitrogens is 2. The first-order chi connectivity index (χ1) is 8.78. The van der Waals surface area contributed by atoms with Crippen molar-refractivity contribution in [1.82, 2.24) is 9.97 Å². The van der Waals surface area contributed by atoms with Crippen LogP contribution in [0.1, 0.15) is 12.7 Å². The van der Waals surface area contributed by atoms with Gasteiger partial charge in [0, 0.05) is 31.3 Å². The fourth-order valence-electron chi connectivity index (χ4n) is 2.31. The predicted octanol–water partition coefficient (Wildman–Crippen LogP) is 1.67. The van der Waals surface area contributed by atoms with E-state index in [4.69, 9.17) is 4.74 Å². The molecule has 1 aromatic heterocycles. The number of nitrogens with one attached hydrogen (secondary N) is 1. The highest BCUT2D eigenvalue weighted by Gasteiger charge is 2.15. The van der Waals surface area contributed by atoms with Crippen LogP contribution >= 0.6 is 0 Å². The van der Waals surface area contributed by atoms with E-state index in [0.29, 0.717) is 5.52 Å². The Hall–Kier alpha value is -1.75. The van der Waals surface area contributed by atoms with Gasteiger partial charge in [0.25, 0.3) is 0 Å². The molecule has 96 valence electrons. The van der Waals surface area contributed by atoms with E-state index >= 15 is 0 Å². The van der Waals surface area contributed by atoms with Gasteiger partial charge in [-0.3, -0.25) is 0 Å². The molecule has 0 radical (unpaired) electrons. The number of benzene rings is 1. The lowest BCUT2D eigenvalue weighted by molar-refractivity contribution is 0.122. The minimum atomic E-state index is 0.241. The van der Waals surface area contributed by atoms with Crippen molar-refractivity contribution in [2.24, 2.45) is 0 Å². The molecule has 18 heavy (non-hydrogen) atoms. The van der Waals surface area contributed by atoms with Crippen LogP contribution in [0.3, 0.4) is 0 Å². The lowest BCUT2D eigenvalue weighted by atomic mass is 10.2. The number of phenols is 1. The van der Waals surface area contributed by atoms with Crippen LogP contribution in [0.2, 0.25) is 0 Å². The summed E-state index contributed by atoms with van der Waals surface area (Å²) >= 11 is 0. The summed E-state index contributed by atoms with van der Waals surface area (Å²) in [7, 11) is 0. The van der Waals surface area contributed by atoms with Gasteiger partial charge in [0.15, 0.2) is 0 Å². The van der Waals surface area contributed by atoms with Crippen molar-refractivity contribution in [3.05, 3.63) is 18.0 Å². The number of anilines is 1. The molecule has 0 spiro atoms. The van der Waals surface area contributed by atoms with E-state index in [-0.39, 0.29) is 5.75 Å². The maximum atomic E-state index is 10.1. The van der Waals surface area contributed by atoms with Crippen LogP contribution in [0, 0.1) is 0 Å². The quantitative estimate of drug-likeness (QED) is 0.847. The Morgan fingerprint density at radius 2 is 2.17 bits per heavy atom. The third-order valence-electron chi connectivity index (χ3n) is 3.31. The number of aromatic amines is 1. The van der Waals surface area contributed by atoms with Crippen molar-refractivity contribution in [2.75, 3.05) is 31.2 Å². The molecule has 1 aliphatic heterocycles. The molecule has 0 bridgehead atoms. The first-order valence-corrected chi connectivity index (χ1v) is 6.32. The zero-order valence-electron chi connectivity index (χ0n) is 10.4. The number of ether oxygens (including phenoxy) is 1. The summed E-state index contributed by atoms with van der Waals surface area (Å²) in [5.74, 6) is 1.14. The number of aromatic hydroxyl groups is 1. The van der Waals surface area contributed by atoms with Crippen LogP contribution in [-0.2, 0) is 11.2 Å². The molecule has 3 rings (SSSR count). The number of rotatable bonds is 2. The molecule has 0 atom stereocenters. The molecule has 0 aliphatic carbocycles. The summed E-state index contributed by atoms with van der Waals surface area (Å²) in [6.45, 7) is 5.24. The molecular formula is C13H17N3O2. The number of fused-ring (bicyclic) bond motifs is 1. The van der Waals surface area contributed by atoms with Gasteiger partial charge in [-0.2, -0.15) is 0 Å². The Balaban J connectivity index is 2.02. The van der Waals surface area contributed by atoms with Crippen molar-refractivity contribution in [3.8, 4) is 5.75 Å². The maximum Gasteiger partial charge on any atom is 0.145 e. The second-order valence-corrected chi connectivity index (χ2v) is 4.50. The van der Waals surface area contributed by atoms with E-state index in [1.807, 2.05) is 13.0 Å². The smallest absolute Gasteiger partial charge is 0.145 e. The number of aryl methyl sites for hydroxylation is 1. The molecule has 2 heterocycles. The van der Waals surface area contributed by atoms with Crippen molar-refractivity contribution in [3.63, 3.8) is 0 Å². The van der Waals surface area contributed by atoms with E-state index in [2.05, 4.69) is 14.9 Å². The normalized spacial score (nSPS) is 16.4. The fraction of sp³-hybridized carbons (Fsp3) is 0.462. The van der Waals surface area contributed by atoms with Crippen LogP contribution in [-0.4, -0.2) is 41.4 Å². The third kappa shape index (κ3) is 1.90. The van der Waals surface area contributed by atoms with Crippen LogP contribution in [0.5, 0.6) is 5.75 Å². The summed E-state index contributed by atoms with van der Waals surface area (Å²) in [6.07, 6.45) is 0.834. The minimum Gasteiger partial charge on any atom is -0.506 e. The van der Waals surface area contributed by atoms with E-state index in [1.165, 1.54) is 0 Å². The summed E-state index contributed by atoms with van der Waals surface area (Å²) in [5, 5.41) is 10.1. The highest BCUT2D eigenvalue weighted by atomic mass is 16.5. The molecule has 1 aliphatic rings.